The van der Waals surface area contributed by atoms with Gasteiger partial charge in [-0.25, -0.2) is 9.78 Å². The number of halogens is 1. The number of nitrogens with two attached hydrogens (primary N) is 1. The highest BCUT2D eigenvalue weighted by molar-refractivity contribution is 6.29. The largest absolute Gasteiger partial charge is 0.480 e. The Morgan fingerprint density at radius 2 is 2.21 bits per heavy atom. The van der Waals surface area contributed by atoms with Gasteiger partial charge in [-0.2, -0.15) is 0 Å². The van der Waals surface area contributed by atoms with Gasteiger partial charge in [-0.1, -0.05) is 11.6 Å². The third-order valence-electron chi connectivity index (χ3n) is 1.97. The van der Waals surface area contributed by atoms with Crippen molar-refractivity contribution in [2.45, 2.75) is 19.4 Å². The fourth-order valence-electron chi connectivity index (χ4n) is 1.05. The molecule has 1 atom stereocenters. The quantitative estimate of drug-likeness (QED) is 0.728. The minimum Gasteiger partial charge on any atom is -0.480 e. The lowest BCUT2D eigenvalue weighted by molar-refractivity contribution is -0.143. The van der Waals surface area contributed by atoms with E-state index in [-0.39, 0.29) is 5.15 Å². The molecule has 76 valence electrons. The van der Waals surface area contributed by atoms with Crippen LogP contribution in [-0.4, -0.2) is 16.1 Å². The molecule has 1 rings (SSSR count). The molecular formula is C9H11ClN2O2. The first kappa shape index (κ1) is 10.9. The maximum Gasteiger partial charge on any atom is 0.328 e. The summed E-state index contributed by atoms with van der Waals surface area (Å²) in [5, 5.41) is 9.14. The molecule has 1 unspecified atom stereocenters. The number of hydrogen-bond donors (Lipinski definition) is 2. The molecule has 1 aromatic rings. The minimum atomic E-state index is -1.43. The lowest BCUT2D eigenvalue weighted by atomic mass is 9.94. The van der Waals surface area contributed by atoms with E-state index < -0.39 is 11.5 Å². The molecule has 0 aromatic carbocycles. The second kappa shape index (κ2) is 3.55. The van der Waals surface area contributed by atoms with Gasteiger partial charge in [-0.3, -0.25) is 0 Å². The number of pyridine rings is 1. The molecule has 0 fully saturated rings. The maximum absolute atomic E-state index is 10.9. The number of hydrogen-bond acceptors (Lipinski definition) is 3. The Kier molecular flexibility index (Phi) is 2.78. The van der Waals surface area contributed by atoms with Crippen molar-refractivity contribution in [3.63, 3.8) is 0 Å². The van der Waals surface area contributed by atoms with Crippen LogP contribution in [0.25, 0.3) is 0 Å². The van der Waals surface area contributed by atoms with Crippen molar-refractivity contribution in [2.75, 3.05) is 0 Å². The van der Waals surface area contributed by atoms with E-state index >= 15 is 0 Å². The summed E-state index contributed by atoms with van der Waals surface area (Å²) in [7, 11) is 0. The van der Waals surface area contributed by atoms with E-state index in [0.29, 0.717) is 11.3 Å². The van der Waals surface area contributed by atoms with Gasteiger partial charge in [0.25, 0.3) is 0 Å². The van der Waals surface area contributed by atoms with Gasteiger partial charge in [0.15, 0.2) is 0 Å². The zero-order valence-electron chi connectivity index (χ0n) is 7.91. The highest BCUT2D eigenvalue weighted by atomic mass is 35.5. The normalized spacial score (nSPS) is 14.9. The minimum absolute atomic E-state index is 0.248. The number of carbonyl (C=O) groups is 1. The number of aryl methyl sites for hydroxylation is 1. The van der Waals surface area contributed by atoms with Gasteiger partial charge < -0.3 is 10.8 Å². The average Bonchev–Trinajstić information content (AvgIpc) is 2.01. The van der Waals surface area contributed by atoms with Crippen molar-refractivity contribution in [1.82, 2.24) is 4.98 Å². The van der Waals surface area contributed by atoms with Gasteiger partial charge in [-0.05, 0) is 31.5 Å². The molecule has 0 saturated carbocycles. The lowest BCUT2D eigenvalue weighted by Gasteiger charge is -2.19. The smallest absolute Gasteiger partial charge is 0.328 e. The van der Waals surface area contributed by atoms with E-state index in [4.69, 9.17) is 22.4 Å². The summed E-state index contributed by atoms with van der Waals surface area (Å²) in [6.45, 7) is 3.15. The van der Waals surface area contributed by atoms with Crippen molar-refractivity contribution in [1.29, 1.82) is 0 Å². The molecule has 0 radical (unpaired) electrons. The van der Waals surface area contributed by atoms with E-state index in [2.05, 4.69) is 4.98 Å². The number of carboxylic acid groups (broad SMARTS) is 1. The molecule has 14 heavy (non-hydrogen) atoms. The number of aliphatic carboxylic acids is 1. The average molecular weight is 215 g/mol. The van der Waals surface area contributed by atoms with Crippen molar-refractivity contribution in [3.05, 3.63) is 28.5 Å². The van der Waals surface area contributed by atoms with Gasteiger partial charge in [0.05, 0.1) is 0 Å². The maximum atomic E-state index is 10.9. The fourth-order valence-corrected chi connectivity index (χ4v) is 1.30. The number of aromatic nitrogens is 1. The first-order valence-corrected chi connectivity index (χ1v) is 4.39. The molecule has 0 spiro atoms. The molecule has 0 aliphatic heterocycles. The van der Waals surface area contributed by atoms with E-state index in [1.54, 1.807) is 13.0 Å². The van der Waals surface area contributed by atoms with Gasteiger partial charge in [0, 0.05) is 5.69 Å². The molecular weight excluding hydrogens is 204 g/mol. The molecule has 3 N–H and O–H groups in total. The summed E-state index contributed by atoms with van der Waals surface area (Å²) >= 11 is 5.70. The van der Waals surface area contributed by atoms with Gasteiger partial charge in [-0.15, -0.1) is 0 Å². The second-order valence-electron chi connectivity index (χ2n) is 3.33. The first-order valence-electron chi connectivity index (χ1n) is 4.01. The molecule has 0 amide bonds. The van der Waals surface area contributed by atoms with Crippen LogP contribution in [0.1, 0.15) is 18.2 Å². The highest BCUT2D eigenvalue weighted by Gasteiger charge is 2.30. The third kappa shape index (κ3) is 2.02. The van der Waals surface area contributed by atoms with Gasteiger partial charge in [0.1, 0.15) is 10.7 Å². The summed E-state index contributed by atoms with van der Waals surface area (Å²) in [4.78, 5) is 14.8. The van der Waals surface area contributed by atoms with Crippen LogP contribution in [0.5, 0.6) is 0 Å². The molecule has 0 aliphatic rings. The Morgan fingerprint density at radius 3 is 2.64 bits per heavy atom. The van der Waals surface area contributed by atoms with E-state index in [0.717, 1.165) is 0 Å². The van der Waals surface area contributed by atoms with Crippen LogP contribution < -0.4 is 5.73 Å². The van der Waals surface area contributed by atoms with Crippen LogP contribution in [0, 0.1) is 6.92 Å². The Bertz CT molecular complexity index is 357. The van der Waals surface area contributed by atoms with E-state index in [9.17, 15) is 4.79 Å². The van der Waals surface area contributed by atoms with Gasteiger partial charge in [0.2, 0.25) is 0 Å². The molecule has 1 heterocycles. The van der Waals surface area contributed by atoms with E-state index in [1.165, 1.54) is 13.0 Å². The van der Waals surface area contributed by atoms with Crippen LogP contribution >= 0.6 is 11.6 Å². The summed E-state index contributed by atoms with van der Waals surface area (Å²) < 4.78 is 0. The molecule has 0 saturated heterocycles. The highest BCUT2D eigenvalue weighted by Crippen LogP contribution is 2.21. The summed E-state index contributed by atoms with van der Waals surface area (Å²) in [6.07, 6.45) is 0. The predicted octanol–water partition coefficient (Wildman–Crippen LogP) is 1.30. The van der Waals surface area contributed by atoms with Crippen LogP contribution in [0.2, 0.25) is 5.15 Å². The zero-order valence-corrected chi connectivity index (χ0v) is 8.67. The van der Waals surface area contributed by atoms with E-state index in [1.807, 2.05) is 0 Å². The summed E-state index contributed by atoms with van der Waals surface area (Å²) in [5.74, 6) is -1.10. The number of nitrogens with zero attached hydrogens (tertiary/aromatic N) is 1. The molecule has 4 nitrogen and oxygen atoms in total. The monoisotopic (exact) mass is 214 g/mol. The van der Waals surface area contributed by atoms with Crippen LogP contribution in [0.15, 0.2) is 12.1 Å². The Labute approximate surface area is 86.7 Å². The summed E-state index contributed by atoms with van der Waals surface area (Å²) in [6, 6.07) is 3.07. The lowest BCUT2D eigenvalue weighted by Crippen LogP contribution is -2.41. The Hall–Kier alpha value is -1.13. The van der Waals surface area contributed by atoms with Gasteiger partial charge >= 0.3 is 5.97 Å². The number of carboxylic acids is 1. The second-order valence-corrected chi connectivity index (χ2v) is 3.71. The molecule has 0 bridgehead atoms. The Morgan fingerprint density at radius 1 is 1.64 bits per heavy atom. The predicted molar refractivity (Wildman–Crippen MR) is 53.2 cm³/mol. The standard InChI is InChI=1S/C9H11ClN2O2/c1-5-3-6(4-7(10)12-5)9(2,11)8(13)14/h3-4H,11H2,1-2H3,(H,13,14). The molecule has 5 heteroatoms. The molecule has 1 aromatic heterocycles. The van der Waals surface area contributed by atoms with Crippen molar-refractivity contribution >= 4 is 17.6 Å². The SMILES string of the molecule is Cc1cc(C(C)(N)C(=O)O)cc(Cl)n1. The van der Waals surface area contributed by atoms with Crippen molar-refractivity contribution < 1.29 is 9.90 Å². The van der Waals surface area contributed by atoms with Crippen LogP contribution in [0.3, 0.4) is 0 Å². The fraction of sp³-hybridized carbons (Fsp3) is 0.333. The zero-order chi connectivity index (χ0) is 10.9. The topological polar surface area (TPSA) is 76.2 Å². The summed E-state index contributed by atoms with van der Waals surface area (Å²) in [5.41, 5.74) is 5.29. The van der Waals surface area contributed by atoms with Crippen molar-refractivity contribution in [2.24, 2.45) is 5.73 Å². The third-order valence-corrected chi connectivity index (χ3v) is 2.16. The van der Waals surface area contributed by atoms with Crippen LogP contribution in [-0.2, 0) is 10.3 Å². The van der Waals surface area contributed by atoms with Crippen LogP contribution in [0.4, 0.5) is 0 Å². The number of rotatable bonds is 2. The Balaban J connectivity index is 3.25. The molecule has 0 aliphatic carbocycles. The van der Waals surface area contributed by atoms with Crippen molar-refractivity contribution in [3.8, 4) is 0 Å². The first-order chi connectivity index (χ1) is 6.34.